The van der Waals surface area contributed by atoms with Crippen molar-refractivity contribution in [1.82, 2.24) is 0 Å². The van der Waals surface area contributed by atoms with Gasteiger partial charge in [-0.15, -0.1) is 0 Å². The van der Waals surface area contributed by atoms with Crippen molar-refractivity contribution in [2.24, 2.45) is 56.7 Å². The summed E-state index contributed by atoms with van der Waals surface area (Å²) in [6.07, 6.45) is 5.41. The minimum atomic E-state index is -0.738. The second-order valence-electron chi connectivity index (χ2n) is 14.7. The molecule has 0 unspecified atom stereocenters. The Morgan fingerprint density at radius 2 is 1.57 bits per heavy atom. The van der Waals surface area contributed by atoms with Crippen LogP contribution in [0.2, 0.25) is 0 Å². The second-order valence-corrected chi connectivity index (χ2v) is 14.7. The molecule has 4 N–H and O–H groups in total. The number of hydrogen-bond acceptors (Lipinski definition) is 4. The third-order valence-electron chi connectivity index (χ3n) is 13.5. The number of aliphatic hydroxyl groups is 3. The lowest BCUT2D eigenvalue weighted by Crippen LogP contribution is -2.71. The third kappa shape index (κ3) is 2.90. The Morgan fingerprint density at radius 1 is 0.914 bits per heavy atom. The van der Waals surface area contributed by atoms with Gasteiger partial charge in [0.1, 0.15) is 0 Å². The van der Waals surface area contributed by atoms with E-state index in [2.05, 4.69) is 54.5 Å². The predicted molar refractivity (Wildman–Crippen MR) is 135 cm³/mol. The molecule has 5 aliphatic carbocycles. The summed E-state index contributed by atoms with van der Waals surface area (Å²) in [4.78, 5) is 12.8. The van der Waals surface area contributed by atoms with Gasteiger partial charge in [-0.25, -0.2) is 0 Å². The van der Waals surface area contributed by atoms with Crippen molar-refractivity contribution in [3.8, 4) is 0 Å². The lowest BCUT2D eigenvalue weighted by Gasteiger charge is -2.72. The van der Waals surface area contributed by atoms with E-state index in [1.54, 1.807) is 0 Å². The highest BCUT2D eigenvalue weighted by molar-refractivity contribution is 5.76. The quantitative estimate of drug-likeness (QED) is 0.388. The first-order chi connectivity index (χ1) is 16.1. The molecule has 5 nitrogen and oxygen atoms in total. The smallest absolute Gasteiger partial charge is 0.310 e. The summed E-state index contributed by atoms with van der Waals surface area (Å²) in [5.74, 6) is -0.0585. The summed E-state index contributed by atoms with van der Waals surface area (Å²) in [6.45, 7) is 15.6. The number of carboxylic acids is 1. The van der Waals surface area contributed by atoms with Gasteiger partial charge in [0, 0.05) is 17.8 Å². The van der Waals surface area contributed by atoms with Gasteiger partial charge in [-0.2, -0.15) is 0 Å². The van der Waals surface area contributed by atoms with Gasteiger partial charge in [0.25, 0.3) is 0 Å². The van der Waals surface area contributed by atoms with Crippen LogP contribution < -0.4 is 0 Å². The summed E-state index contributed by atoms with van der Waals surface area (Å²) in [7, 11) is 0. The molecule has 4 saturated carbocycles. The molecule has 0 bridgehead atoms. The fourth-order valence-electron chi connectivity index (χ4n) is 10.9. The second kappa shape index (κ2) is 7.57. The maximum atomic E-state index is 12.8. The summed E-state index contributed by atoms with van der Waals surface area (Å²) >= 11 is 0. The third-order valence-corrected chi connectivity index (χ3v) is 13.5. The Hall–Kier alpha value is -0.910. The standard InChI is InChI=1S/C30H48O5/c1-16-8-11-30(25(34)35)13-12-27(5)18(23(30)17(16)2)14-19(31)24-28(27,6)10-9-20-26(3,4)21(32)15-22(33)29(20,24)7/h14,16-17,19-24,31-33H,8-13,15H2,1-7H3,(H,34,35)/t16-,17+,19-,20+,21+,22-,23+,24+,27-,28-,29-,30+/m1/s1. The number of allylic oxidation sites excluding steroid dienone is 1. The molecule has 5 heteroatoms. The van der Waals surface area contributed by atoms with E-state index in [1.807, 2.05) is 0 Å². The molecular weight excluding hydrogens is 440 g/mol. The van der Waals surface area contributed by atoms with E-state index in [0.29, 0.717) is 25.2 Å². The van der Waals surface area contributed by atoms with Gasteiger partial charge in [0.05, 0.1) is 23.7 Å². The maximum absolute atomic E-state index is 12.8. The van der Waals surface area contributed by atoms with E-state index < -0.39 is 35.1 Å². The molecule has 5 rings (SSSR count). The molecule has 0 spiro atoms. The monoisotopic (exact) mass is 488 g/mol. The van der Waals surface area contributed by atoms with Crippen molar-refractivity contribution in [3.05, 3.63) is 11.6 Å². The van der Waals surface area contributed by atoms with Crippen LogP contribution in [0.25, 0.3) is 0 Å². The highest BCUT2D eigenvalue weighted by Gasteiger charge is 2.72. The van der Waals surface area contributed by atoms with Crippen molar-refractivity contribution >= 4 is 5.97 Å². The van der Waals surface area contributed by atoms with E-state index >= 15 is 0 Å². The first kappa shape index (κ1) is 25.7. The average Bonchev–Trinajstić information content (AvgIpc) is 2.76. The molecule has 0 aromatic heterocycles. The number of carboxylic acid groups (broad SMARTS) is 1. The molecule has 0 radical (unpaired) electrons. The van der Waals surface area contributed by atoms with E-state index in [0.717, 1.165) is 25.7 Å². The highest BCUT2D eigenvalue weighted by Crippen LogP contribution is 2.75. The van der Waals surface area contributed by atoms with Crippen LogP contribution in [0.3, 0.4) is 0 Å². The summed E-state index contributed by atoms with van der Waals surface area (Å²) in [6, 6.07) is 0. The lowest BCUT2D eigenvalue weighted by atomic mass is 9.32. The Labute approximate surface area is 211 Å². The van der Waals surface area contributed by atoms with E-state index in [4.69, 9.17) is 0 Å². The summed E-state index contributed by atoms with van der Waals surface area (Å²) < 4.78 is 0. The molecular formula is C30H48O5. The zero-order chi connectivity index (χ0) is 25.9. The molecule has 198 valence electrons. The van der Waals surface area contributed by atoms with Crippen LogP contribution in [0, 0.1) is 56.7 Å². The van der Waals surface area contributed by atoms with Crippen LogP contribution in [0.1, 0.15) is 93.4 Å². The van der Waals surface area contributed by atoms with Gasteiger partial charge in [-0.05, 0) is 78.4 Å². The summed E-state index contributed by atoms with van der Waals surface area (Å²) in [5.41, 5.74) is -0.891. The zero-order valence-corrected chi connectivity index (χ0v) is 22.8. The SMILES string of the molecule is C[C@H]1[C@H](C)CC[C@]2(C(=O)O)CC[C@]3(C)C(=C[C@@H](O)[C@@H]4[C@@]5(C)[C@H](O)C[C@H](O)C(C)(C)[C@@H]5CC[C@]43C)[C@H]12. The minimum Gasteiger partial charge on any atom is -0.481 e. The van der Waals surface area contributed by atoms with Crippen molar-refractivity contribution in [2.45, 2.75) is 112 Å². The molecule has 0 amide bonds. The van der Waals surface area contributed by atoms with Crippen molar-refractivity contribution in [2.75, 3.05) is 0 Å². The Bertz CT molecular complexity index is 941. The number of carbonyl (C=O) groups is 1. The van der Waals surface area contributed by atoms with Crippen LogP contribution in [0.5, 0.6) is 0 Å². The van der Waals surface area contributed by atoms with Crippen LogP contribution in [-0.2, 0) is 4.79 Å². The van der Waals surface area contributed by atoms with E-state index in [9.17, 15) is 25.2 Å². The number of fused-ring (bicyclic) bond motifs is 7. The van der Waals surface area contributed by atoms with Crippen molar-refractivity contribution in [1.29, 1.82) is 0 Å². The van der Waals surface area contributed by atoms with Gasteiger partial charge in [0.2, 0.25) is 0 Å². The average molecular weight is 489 g/mol. The lowest BCUT2D eigenvalue weighted by molar-refractivity contribution is -0.261. The number of hydrogen-bond donors (Lipinski definition) is 4. The Morgan fingerprint density at radius 3 is 2.20 bits per heavy atom. The highest BCUT2D eigenvalue weighted by atomic mass is 16.4. The molecule has 5 aliphatic rings. The number of aliphatic hydroxyl groups excluding tert-OH is 3. The minimum absolute atomic E-state index is 0.0602. The molecule has 0 aromatic rings. The summed E-state index contributed by atoms with van der Waals surface area (Å²) in [5, 5.41) is 44.9. The number of rotatable bonds is 1. The van der Waals surface area contributed by atoms with Crippen LogP contribution in [0.4, 0.5) is 0 Å². The molecule has 0 aliphatic heterocycles. The van der Waals surface area contributed by atoms with Gasteiger partial charge < -0.3 is 20.4 Å². The fraction of sp³-hybridized carbons (Fsp3) is 0.900. The fourth-order valence-corrected chi connectivity index (χ4v) is 10.9. The zero-order valence-electron chi connectivity index (χ0n) is 22.8. The first-order valence-electron chi connectivity index (χ1n) is 14.1. The molecule has 35 heavy (non-hydrogen) atoms. The van der Waals surface area contributed by atoms with E-state index in [-0.39, 0.29) is 39.9 Å². The normalized spacial score (nSPS) is 57.1. The first-order valence-corrected chi connectivity index (χ1v) is 14.1. The molecule has 0 saturated heterocycles. The van der Waals surface area contributed by atoms with Crippen molar-refractivity contribution in [3.63, 3.8) is 0 Å². The topological polar surface area (TPSA) is 98.0 Å². The van der Waals surface area contributed by atoms with Gasteiger partial charge in [-0.1, -0.05) is 60.1 Å². The van der Waals surface area contributed by atoms with Gasteiger partial charge in [0.15, 0.2) is 0 Å². The maximum Gasteiger partial charge on any atom is 0.310 e. The van der Waals surface area contributed by atoms with Crippen molar-refractivity contribution < 1.29 is 25.2 Å². The predicted octanol–water partition coefficient (Wildman–Crippen LogP) is 5.03. The molecule has 4 fully saturated rings. The Balaban J connectivity index is 1.68. The van der Waals surface area contributed by atoms with Crippen LogP contribution in [0.15, 0.2) is 11.6 Å². The molecule has 0 heterocycles. The van der Waals surface area contributed by atoms with Gasteiger partial charge in [-0.3, -0.25) is 4.79 Å². The largest absolute Gasteiger partial charge is 0.481 e. The molecule has 12 atom stereocenters. The van der Waals surface area contributed by atoms with Crippen LogP contribution >= 0.6 is 0 Å². The van der Waals surface area contributed by atoms with Gasteiger partial charge >= 0.3 is 5.97 Å². The number of aliphatic carboxylic acids is 1. The van der Waals surface area contributed by atoms with E-state index in [1.165, 1.54) is 5.57 Å². The molecule has 0 aromatic carbocycles. The Kier molecular flexibility index (Phi) is 5.56. The van der Waals surface area contributed by atoms with Crippen LogP contribution in [-0.4, -0.2) is 44.7 Å².